The summed E-state index contributed by atoms with van der Waals surface area (Å²) in [6.07, 6.45) is 1.77. The Morgan fingerprint density at radius 3 is 2.53 bits per heavy atom. The lowest BCUT2D eigenvalue weighted by Gasteiger charge is -2.30. The van der Waals surface area contributed by atoms with Gasteiger partial charge in [0.2, 0.25) is 5.91 Å². The van der Waals surface area contributed by atoms with Crippen molar-refractivity contribution in [2.24, 2.45) is 5.41 Å². The summed E-state index contributed by atoms with van der Waals surface area (Å²) in [6, 6.07) is 16.7. The summed E-state index contributed by atoms with van der Waals surface area (Å²) in [6.45, 7) is 3.74. The third-order valence-corrected chi connectivity index (χ3v) is 5.85. The molecule has 0 spiro atoms. The normalized spacial score (nSPS) is 12.7. The minimum atomic E-state index is -1.18. The first kappa shape index (κ1) is 21.7. The van der Waals surface area contributed by atoms with E-state index in [2.05, 4.69) is 16.9 Å². The standard InChI is InChI=1S/C23H21ClN2O3S/c1-2-12-23(14-20(27)28,13-16-8-4-3-5-9-16)21(29)26-22-25-19(15-30-22)17-10-6-7-11-18(17)24/h2-11,15H,1,12-14H2,(H,27,28)(H,25,26,29). The van der Waals surface area contributed by atoms with Gasteiger partial charge in [0.25, 0.3) is 0 Å². The van der Waals surface area contributed by atoms with E-state index in [0.717, 1.165) is 11.1 Å². The second-order valence-electron chi connectivity index (χ2n) is 6.98. The van der Waals surface area contributed by atoms with Crippen molar-refractivity contribution < 1.29 is 14.7 Å². The molecule has 1 heterocycles. The van der Waals surface area contributed by atoms with Crippen molar-refractivity contribution in [3.8, 4) is 11.3 Å². The molecule has 0 radical (unpaired) electrons. The first-order valence-corrected chi connectivity index (χ1v) is 10.6. The number of hydrogen-bond acceptors (Lipinski definition) is 4. The van der Waals surface area contributed by atoms with Crippen LogP contribution in [0.5, 0.6) is 0 Å². The molecule has 0 saturated heterocycles. The summed E-state index contributed by atoms with van der Waals surface area (Å²) in [4.78, 5) is 29.4. The summed E-state index contributed by atoms with van der Waals surface area (Å²) in [7, 11) is 0. The van der Waals surface area contributed by atoms with Gasteiger partial charge in [-0.3, -0.25) is 9.59 Å². The molecule has 1 aromatic heterocycles. The molecule has 0 aliphatic heterocycles. The molecular weight excluding hydrogens is 420 g/mol. The van der Waals surface area contributed by atoms with Gasteiger partial charge >= 0.3 is 5.97 Å². The number of carbonyl (C=O) groups excluding carboxylic acids is 1. The van der Waals surface area contributed by atoms with Crippen LogP contribution >= 0.6 is 22.9 Å². The highest BCUT2D eigenvalue weighted by Crippen LogP contribution is 2.35. The Morgan fingerprint density at radius 1 is 1.17 bits per heavy atom. The summed E-state index contributed by atoms with van der Waals surface area (Å²) in [5.74, 6) is -1.44. The lowest BCUT2D eigenvalue weighted by atomic mass is 9.75. The van der Waals surface area contributed by atoms with E-state index in [0.29, 0.717) is 15.8 Å². The number of carboxylic acid groups (broad SMARTS) is 1. The van der Waals surface area contributed by atoms with Crippen LogP contribution in [0.1, 0.15) is 18.4 Å². The van der Waals surface area contributed by atoms with Gasteiger partial charge in [-0.2, -0.15) is 0 Å². The zero-order valence-electron chi connectivity index (χ0n) is 16.2. The molecule has 1 unspecified atom stereocenters. The quantitative estimate of drug-likeness (QED) is 0.419. The smallest absolute Gasteiger partial charge is 0.304 e. The molecule has 2 aromatic carbocycles. The van der Waals surface area contributed by atoms with Gasteiger partial charge in [0.05, 0.1) is 17.5 Å². The van der Waals surface area contributed by atoms with E-state index in [-0.39, 0.29) is 19.3 Å². The highest BCUT2D eigenvalue weighted by molar-refractivity contribution is 7.14. The molecule has 5 nitrogen and oxygen atoms in total. The molecule has 3 aromatic rings. The van der Waals surface area contributed by atoms with Gasteiger partial charge in [-0.1, -0.05) is 66.2 Å². The molecule has 154 valence electrons. The highest BCUT2D eigenvalue weighted by Gasteiger charge is 2.40. The number of carbonyl (C=O) groups is 2. The number of carboxylic acids is 1. The fourth-order valence-corrected chi connectivity index (χ4v) is 4.30. The van der Waals surface area contributed by atoms with E-state index >= 15 is 0 Å². The molecule has 1 amide bonds. The number of rotatable bonds is 9. The van der Waals surface area contributed by atoms with Crippen molar-refractivity contribution in [3.05, 3.63) is 83.2 Å². The maximum atomic E-state index is 13.3. The Morgan fingerprint density at radius 2 is 1.87 bits per heavy atom. The number of hydrogen-bond donors (Lipinski definition) is 2. The zero-order chi connectivity index (χ0) is 21.6. The van der Waals surface area contributed by atoms with Crippen LogP contribution in [-0.4, -0.2) is 22.0 Å². The van der Waals surface area contributed by atoms with Crippen LogP contribution in [-0.2, 0) is 16.0 Å². The second-order valence-corrected chi connectivity index (χ2v) is 8.24. The van der Waals surface area contributed by atoms with Crippen molar-refractivity contribution in [3.63, 3.8) is 0 Å². The summed E-state index contributed by atoms with van der Waals surface area (Å²) in [5.41, 5.74) is 1.12. The van der Waals surface area contributed by atoms with Crippen LogP contribution < -0.4 is 5.32 Å². The van der Waals surface area contributed by atoms with Crippen LogP contribution in [0, 0.1) is 5.41 Å². The largest absolute Gasteiger partial charge is 0.481 e. The van der Waals surface area contributed by atoms with Crippen molar-refractivity contribution in [1.82, 2.24) is 4.98 Å². The number of amides is 1. The van der Waals surface area contributed by atoms with E-state index in [4.69, 9.17) is 11.6 Å². The Labute approximate surface area is 184 Å². The van der Waals surface area contributed by atoms with E-state index in [1.165, 1.54) is 11.3 Å². The van der Waals surface area contributed by atoms with Gasteiger partial charge in [0.1, 0.15) is 0 Å². The third-order valence-electron chi connectivity index (χ3n) is 4.77. The Hall–Kier alpha value is -2.96. The summed E-state index contributed by atoms with van der Waals surface area (Å²) >= 11 is 7.50. The van der Waals surface area contributed by atoms with Gasteiger partial charge in [-0.25, -0.2) is 4.98 Å². The minimum Gasteiger partial charge on any atom is -0.481 e. The second kappa shape index (κ2) is 9.69. The number of aromatic nitrogens is 1. The molecule has 0 bridgehead atoms. The number of nitrogens with zero attached hydrogens (tertiary/aromatic N) is 1. The van der Waals surface area contributed by atoms with Crippen molar-refractivity contribution >= 4 is 39.9 Å². The van der Waals surface area contributed by atoms with Crippen molar-refractivity contribution in [1.29, 1.82) is 0 Å². The zero-order valence-corrected chi connectivity index (χ0v) is 17.7. The number of thiazole rings is 1. The van der Waals surface area contributed by atoms with Crippen LogP contribution in [0.4, 0.5) is 5.13 Å². The van der Waals surface area contributed by atoms with Gasteiger partial charge in [-0.15, -0.1) is 17.9 Å². The van der Waals surface area contributed by atoms with E-state index in [9.17, 15) is 14.7 Å². The van der Waals surface area contributed by atoms with Crippen molar-refractivity contribution in [2.75, 3.05) is 5.32 Å². The van der Waals surface area contributed by atoms with Crippen LogP contribution in [0.15, 0.2) is 72.6 Å². The molecule has 0 aliphatic carbocycles. The predicted molar refractivity (Wildman–Crippen MR) is 121 cm³/mol. The van der Waals surface area contributed by atoms with E-state index in [1.54, 1.807) is 17.5 Å². The predicted octanol–water partition coefficient (Wildman–Crippen LogP) is 5.68. The number of nitrogens with one attached hydrogen (secondary N) is 1. The summed E-state index contributed by atoms with van der Waals surface area (Å²) < 4.78 is 0. The number of benzene rings is 2. The average molecular weight is 441 g/mol. The van der Waals surface area contributed by atoms with Gasteiger partial charge in [0, 0.05) is 16.0 Å². The molecule has 1 atom stereocenters. The number of halogens is 1. The third kappa shape index (κ3) is 5.14. The van der Waals surface area contributed by atoms with E-state index in [1.807, 2.05) is 48.5 Å². The molecule has 2 N–H and O–H groups in total. The average Bonchev–Trinajstić information content (AvgIpc) is 3.17. The number of anilines is 1. The molecular formula is C23H21ClN2O3S. The molecule has 7 heteroatoms. The first-order chi connectivity index (χ1) is 14.4. The minimum absolute atomic E-state index is 0.225. The molecule has 3 rings (SSSR count). The lowest BCUT2D eigenvalue weighted by molar-refractivity contribution is -0.143. The lowest BCUT2D eigenvalue weighted by Crippen LogP contribution is -2.40. The topological polar surface area (TPSA) is 79.3 Å². The monoisotopic (exact) mass is 440 g/mol. The van der Waals surface area contributed by atoms with Gasteiger partial charge in [0.15, 0.2) is 5.13 Å². The molecule has 0 saturated carbocycles. The maximum absolute atomic E-state index is 13.3. The highest BCUT2D eigenvalue weighted by atomic mass is 35.5. The Kier molecular flexibility index (Phi) is 7.03. The van der Waals surface area contributed by atoms with Gasteiger partial charge < -0.3 is 10.4 Å². The number of allylic oxidation sites excluding steroid dienone is 1. The maximum Gasteiger partial charge on any atom is 0.304 e. The van der Waals surface area contributed by atoms with Crippen LogP contribution in [0.3, 0.4) is 0 Å². The molecule has 0 fully saturated rings. The fourth-order valence-electron chi connectivity index (χ4n) is 3.37. The number of aliphatic carboxylic acids is 1. The van der Waals surface area contributed by atoms with E-state index < -0.39 is 17.3 Å². The van der Waals surface area contributed by atoms with Crippen molar-refractivity contribution in [2.45, 2.75) is 19.3 Å². The first-order valence-electron chi connectivity index (χ1n) is 9.32. The fraction of sp³-hybridized carbons (Fsp3) is 0.174. The molecule has 30 heavy (non-hydrogen) atoms. The molecule has 0 aliphatic rings. The van der Waals surface area contributed by atoms with Crippen LogP contribution in [0.2, 0.25) is 5.02 Å². The summed E-state index contributed by atoms with van der Waals surface area (Å²) in [5, 5.41) is 15.1. The SMILES string of the molecule is C=CCC(CC(=O)O)(Cc1ccccc1)C(=O)Nc1nc(-c2ccccc2Cl)cs1. The Balaban J connectivity index is 1.88. The van der Waals surface area contributed by atoms with Gasteiger partial charge in [-0.05, 0) is 24.5 Å². The van der Waals surface area contributed by atoms with Crippen LogP contribution in [0.25, 0.3) is 11.3 Å². The Bertz CT molecular complexity index is 1050.